The molecule has 1 aliphatic heterocycles. The quantitative estimate of drug-likeness (QED) is 0.928. The number of amides is 1. The van der Waals surface area contributed by atoms with Gasteiger partial charge < -0.3 is 10.1 Å². The number of nitrogens with one attached hydrogen (secondary N) is 1. The highest BCUT2D eigenvalue weighted by Gasteiger charge is 2.42. The van der Waals surface area contributed by atoms with Crippen molar-refractivity contribution >= 4 is 17.3 Å². The van der Waals surface area contributed by atoms with Crippen LogP contribution in [0.5, 0.6) is 5.75 Å². The summed E-state index contributed by atoms with van der Waals surface area (Å²) >= 11 is 0. The molecule has 3 rings (SSSR count). The third-order valence-corrected chi connectivity index (χ3v) is 4.10. The number of hydrogen-bond donors (Lipinski definition) is 1. The molecule has 1 atom stereocenters. The topological polar surface area (TPSA) is 50.8 Å². The van der Waals surface area contributed by atoms with E-state index in [0.717, 1.165) is 11.4 Å². The molecular formula is C19H22N2O3. The van der Waals surface area contributed by atoms with Crippen LogP contribution in [-0.2, 0) is 9.63 Å². The number of hydroxylamine groups is 1. The average Bonchev–Trinajstić information content (AvgIpc) is 2.59. The zero-order chi connectivity index (χ0) is 17.2. The molecule has 1 N–H and O–H groups in total. The van der Waals surface area contributed by atoms with Crippen molar-refractivity contribution in [3.63, 3.8) is 0 Å². The van der Waals surface area contributed by atoms with Gasteiger partial charge in [-0.2, -0.15) is 5.06 Å². The Balaban J connectivity index is 1.83. The molecule has 5 heteroatoms. The molecule has 2 aromatic rings. The first-order chi connectivity index (χ1) is 11.5. The minimum absolute atomic E-state index is 0.0567. The molecule has 0 aliphatic carbocycles. The van der Waals surface area contributed by atoms with E-state index in [4.69, 9.17) is 9.57 Å². The Morgan fingerprint density at radius 2 is 1.79 bits per heavy atom. The van der Waals surface area contributed by atoms with Gasteiger partial charge in [0.25, 0.3) is 5.91 Å². The number of ether oxygens (including phenoxy) is 1. The number of hydrogen-bond acceptors (Lipinski definition) is 4. The summed E-state index contributed by atoms with van der Waals surface area (Å²) in [5, 5.41) is 4.72. The van der Waals surface area contributed by atoms with Gasteiger partial charge in [0.05, 0.1) is 18.2 Å². The minimum Gasteiger partial charge on any atom is -0.497 e. The molecule has 0 saturated carbocycles. The smallest absolute Gasteiger partial charge is 0.256 e. The predicted octanol–water partition coefficient (Wildman–Crippen LogP) is 3.83. The van der Waals surface area contributed by atoms with E-state index in [2.05, 4.69) is 5.32 Å². The van der Waals surface area contributed by atoms with Crippen LogP contribution in [0.25, 0.3) is 0 Å². The number of carbonyl (C=O) groups excluding carboxylic acids is 1. The molecule has 1 heterocycles. The van der Waals surface area contributed by atoms with Crippen molar-refractivity contribution in [1.29, 1.82) is 0 Å². The maximum absolute atomic E-state index is 12.7. The number of rotatable bonds is 4. The first-order valence-electron chi connectivity index (χ1n) is 7.96. The second kappa shape index (κ2) is 6.53. The molecular weight excluding hydrogens is 304 g/mol. The van der Waals surface area contributed by atoms with Gasteiger partial charge in [-0.05, 0) is 36.4 Å². The van der Waals surface area contributed by atoms with Crippen LogP contribution in [-0.4, -0.2) is 19.2 Å². The Kier molecular flexibility index (Phi) is 4.44. The van der Waals surface area contributed by atoms with Crippen LogP contribution in [0.4, 0.5) is 11.4 Å². The van der Waals surface area contributed by atoms with E-state index in [1.807, 2.05) is 68.4 Å². The Labute approximate surface area is 142 Å². The number of anilines is 2. The Hall–Kier alpha value is -2.53. The lowest BCUT2D eigenvalue weighted by Gasteiger charge is -2.41. The Morgan fingerprint density at radius 3 is 2.42 bits per heavy atom. The number of carbonyl (C=O) groups is 1. The molecule has 1 amide bonds. The lowest BCUT2D eigenvalue weighted by Crippen LogP contribution is -2.52. The van der Waals surface area contributed by atoms with E-state index in [1.165, 1.54) is 5.06 Å². The third-order valence-electron chi connectivity index (χ3n) is 4.10. The highest BCUT2D eigenvalue weighted by atomic mass is 16.7. The van der Waals surface area contributed by atoms with Gasteiger partial charge in [-0.3, -0.25) is 4.79 Å². The van der Waals surface area contributed by atoms with Crippen LogP contribution in [0, 0.1) is 5.41 Å². The predicted molar refractivity (Wildman–Crippen MR) is 93.8 cm³/mol. The zero-order valence-electron chi connectivity index (χ0n) is 14.2. The second-order valence-electron chi connectivity index (χ2n) is 6.49. The number of nitrogens with zero attached hydrogens (tertiary/aromatic N) is 1. The summed E-state index contributed by atoms with van der Waals surface area (Å²) in [6.07, 6.45) is 0.301. The normalized spacial score (nSPS) is 19.9. The first-order valence-corrected chi connectivity index (χ1v) is 7.96. The first kappa shape index (κ1) is 16.3. The molecule has 5 nitrogen and oxygen atoms in total. The molecule has 24 heavy (non-hydrogen) atoms. The Bertz CT molecular complexity index is 698. The van der Waals surface area contributed by atoms with Crippen molar-refractivity contribution < 1.29 is 14.4 Å². The lowest BCUT2D eigenvalue weighted by molar-refractivity contribution is -0.147. The molecule has 0 aromatic heterocycles. The molecule has 126 valence electrons. The molecule has 1 saturated heterocycles. The van der Waals surface area contributed by atoms with Gasteiger partial charge in [-0.15, -0.1) is 0 Å². The van der Waals surface area contributed by atoms with Crippen molar-refractivity contribution in [2.75, 3.05) is 17.5 Å². The summed E-state index contributed by atoms with van der Waals surface area (Å²) in [5.74, 6) is 0.681. The molecule has 1 fully saturated rings. The SMILES string of the molecule is COc1ccc(N2OC(Nc3ccccc3)CC(C)(C)C2=O)cc1. The van der Waals surface area contributed by atoms with Gasteiger partial charge >= 0.3 is 0 Å². The van der Waals surface area contributed by atoms with Gasteiger partial charge in [0, 0.05) is 12.1 Å². The van der Waals surface area contributed by atoms with Gasteiger partial charge in [0.15, 0.2) is 6.23 Å². The zero-order valence-corrected chi connectivity index (χ0v) is 14.2. The van der Waals surface area contributed by atoms with Crippen molar-refractivity contribution in [2.45, 2.75) is 26.5 Å². The highest BCUT2D eigenvalue weighted by Crippen LogP contribution is 2.35. The fourth-order valence-electron chi connectivity index (χ4n) is 2.73. The van der Waals surface area contributed by atoms with Crippen LogP contribution in [0.15, 0.2) is 54.6 Å². The summed E-state index contributed by atoms with van der Waals surface area (Å²) in [4.78, 5) is 18.7. The van der Waals surface area contributed by atoms with Gasteiger partial charge in [0.1, 0.15) is 5.75 Å². The third kappa shape index (κ3) is 3.36. The van der Waals surface area contributed by atoms with E-state index < -0.39 is 5.41 Å². The fraction of sp³-hybridized carbons (Fsp3) is 0.316. The number of para-hydroxylation sites is 1. The van der Waals surface area contributed by atoms with Crippen LogP contribution >= 0.6 is 0 Å². The highest BCUT2D eigenvalue weighted by molar-refractivity contribution is 5.96. The van der Waals surface area contributed by atoms with E-state index in [1.54, 1.807) is 7.11 Å². The minimum atomic E-state index is -0.523. The van der Waals surface area contributed by atoms with Crippen molar-refractivity contribution in [3.05, 3.63) is 54.6 Å². The number of benzene rings is 2. The molecule has 0 bridgehead atoms. The fourth-order valence-corrected chi connectivity index (χ4v) is 2.73. The number of methoxy groups -OCH3 is 1. The van der Waals surface area contributed by atoms with Crippen LogP contribution in [0.1, 0.15) is 20.3 Å². The summed E-state index contributed by atoms with van der Waals surface area (Å²) < 4.78 is 5.17. The largest absolute Gasteiger partial charge is 0.497 e. The lowest BCUT2D eigenvalue weighted by atomic mass is 9.86. The van der Waals surface area contributed by atoms with Crippen molar-refractivity contribution in [1.82, 2.24) is 0 Å². The van der Waals surface area contributed by atoms with Crippen molar-refractivity contribution in [3.8, 4) is 5.75 Å². The summed E-state index contributed by atoms with van der Waals surface area (Å²) in [5.41, 5.74) is 1.13. The van der Waals surface area contributed by atoms with Crippen LogP contribution < -0.4 is 15.1 Å². The summed E-state index contributed by atoms with van der Waals surface area (Å²) in [6.45, 7) is 3.88. The van der Waals surface area contributed by atoms with Crippen LogP contribution in [0.2, 0.25) is 0 Å². The monoisotopic (exact) mass is 326 g/mol. The maximum atomic E-state index is 12.7. The molecule has 0 radical (unpaired) electrons. The van der Waals surface area contributed by atoms with Gasteiger partial charge in [-0.25, -0.2) is 4.84 Å². The van der Waals surface area contributed by atoms with Crippen LogP contribution in [0.3, 0.4) is 0 Å². The Morgan fingerprint density at radius 1 is 1.12 bits per heavy atom. The molecule has 0 spiro atoms. The van der Waals surface area contributed by atoms with E-state index >= 15 is 0 Å². The second-order valence-corrected chi connectivity index (χ2v) is 6.49. The van der Waals surface area contributed by atoms with E-state index in [9.17, 15) is 4.79 Å². The molecule has 2 aromatic carbocycles. The molecule has 1 aliphatic rings. The summed E-state index contributed by atoms with van der Waals surface area (Å²) in [7, 11) is 1.61. The van der Waals surface area contributed by atoms with Gasteiger partial charge in [-0.1, -0.05) is 32.0 Å². The van der Waals surface area contributed by atoms with E-state index in [-0.39, 0.29) is 12.1 Å². The average molecular weight is 326 g/mol. The molecule has 1 unspecified atom stereocenters. The summed E-state index contributed by atoms with van der Waals surface area (Å²) in [6, 6.07) is 17.1. The van der Waals surface area contributed by atoms with Crippen molar-refractivity contribution in [2.24, 2.45) is 5.41 Å². The maximum Gasteiger partial charge on any atom is 0.256 e. The van der Waals surface area contributed by atoms with E-state index in [0.29, 0.717) is 12.1 Å². The standard InChI is InChI=1S/C19H22N2O3/c1-19(2)13-17(20-14-7-5-4-6-8-14)24-21(18(19)22)15-9-11-16(23-3)12-10-15/h4-12,17,20H,13H2,1-3H3. The van der Waals surface area contributed by atoms with Gasteiger partial charge in [0.2, 0.25) is 0 Å².